The Hall–Kier alpha value is -0.570. The van der Waals surface area contributed by atoms with Gasteiger partial charge in [0.25, 0.3) is 0 Å². The highest BCUT2D eigenvalue weighted by atomic mass is 16.5. The average molecular weight is 185 g/mol. The van der Waals surface area contributed by atoms with Crippen LogP contribution in [0.25, 0.3) is 0 Å². The quantitative estimate of drug-likeness (QED) is 0.717. The maximum Gasteiger partial charge on any atom is 0.223 e. The fourth-order valence-electron chi connectivity index (χ4n) is 2.35. The van der Waals surface area contributed by atoms with Gasteiger partial charge >= 0.3 is 0 Å². The molecule has 13 heavy (non-hydrogen) atoms. The molecule has 1 heterocycles. The molecule has 1 N–H and O–H groups in total. The van der Waals surface area contributed by atoms with E-state index >= 15 is 0 Å². The lowest BCUT2D eigenvalue weighted by Crippen LogP contribution is -2.40. The number of rotatable bonds is 3. The zero-order valence-corrected chi connectivity index (χ0v) is 8.89. The van der Waals surface area contributed by atoms with Gasteiger partial charge in [-0.05, 0) is 13.3 Å². The van der Waals surface area contributed by atoms with Gasteiger partial charge in [-0.1, -0.05) is 13.8 Å². The molecule has 1 aliphatic heterocycles. The maximum atomic E-state index is 11.5. The number of hydrogen-bond acceptors (Lipinski definition) is 2. The van der Waals surface area contributed by atoms with Crippen LogP contribution in [-0.4, -0.2) is 25.7 Å². The number of carbonyl (C=O) groups is 1. The first kappa shape index (κ1) is 10.5. The minimum absolute atomic E-state index is 0.00810. The van der Waals surface area contributed by atoms with E-state index < -0.39 is 0 Å². The van der Waals surface area contributed by atoms with Crippen molar-refractivity contribution in [3.8, 4) is 0 Å². The van der Waals surface area contributed by atoms with Crippen LogP contribution in [0.4, 0.5) is 0 Å². The molecule has 0 saturated carbocycles. The molecule has 1 rings (SSSR count). The van der Waals surface area contributed by atoms with Crippen molar-refractivity contribution in [2.75, 3.05) is 13.7 Å². The summed E-state index contributed by atoms with van der Waals surface area (Å²) in [4.78, 5) is 11.5. The molecule has 76 valence electrons. The van der Waals surface area contributed by atoms with Crippen molar-refractivity contribution in [3.05, 3.63) is 0 Å². The molecule has 1 aliphatic rings. The Balaban J connectivity index is 2.88. The lowest BCUT2D eigenvalue weighted by atomic mass is 9.73. The molecule has 3 heteroatoms. The van der Waals surface area contributed by atoms with Gasteiger partial charge in [0.1, 0.15) is 0 Å². The fourth-order valence-corrected chi connectivity index (χ4v) is 2.35. The largest absolute Gasteiger partial charge is 0.384 e. The first-order valence-corrected chi connectivity index (χ1v) is 4.87. The SMILES string of the molecule is CCC1(COC)C(C)NC(=O)C1C. The van der Waals surface area contributed by atoms with Crippen LogP contribution in [0.15, 0.2) is 0 Å². The molecule has 0 aromatic carbocycles. The summed E-state index contributed by atoms with van der Waals surface area (Å²) in [5.74, 6) is 0.221. The highest BCUT2D eigenvalue weighted by Gasteiger charge is 2.49. The standard InChI is InChI=1S/C10H19NO2/c1-5-10(6-13-4)7(2)9(12)11-8(10)3/h7-8H,5-6H2,1-4H3,(H,11,12). The van der Waals surface area contributed by atoms with Crippen molar-refractivity contribution < 1.29 is 9.53 Å². The maximum absolute atomic E-state index is 11.5. The molecular weight excluding hydrogens is 166 g/mol. The molecule has 0 radical (unpaired) electrons. The summed E-state index contributed by atoms with van der Waals surface area (Å²) in [6.45, 7) is 6.82. The number of methoxy groups -OCH3 is 1. The van der Waals surface area contributed by atoms with Gasteiger partial charge in [0, 0.05) is 24.5 Å². The van der Waals surface area contributed by atoms with Gasteiger partial charge in [0.15, 0.2) is 0 Å². The number of ether oxygens (including phenoxy) is 1. The normalized spacial score (nSPS) is 39.2. The molecule has 3 nitrogen and oxygen atoms in total. The third kappa shape index (κ3) is 1.46. The van der Waals surface area contributed by atoms with E-state index in [0.717, 1.165) is 6.42 Å². The van der Waals surface area contributed by atoms with Gasteiger partial charge in [-0.15, -0.1) is 0 Å². The predicted molar refractivity (Wildman–Crippen MR) is 51.4 cm³/mol. The van der Waals surface area contributed by atoms with Crippen LogP contribution < -0.4 is 5.32 Å². The van der Waals surface area contributed by atoms with Gasteiger partial charge < -0.3 is 10.1 Å². The Kier molecular flexibility index (Phi) is 2.96. The van der Waals surface area contributed by atoms with E-state index in [9.17, 15) is 4.79 Å². The molecule has 1 saturated heterocycles. The summed E-state index contributed by atoms with van der Waals surface area (Å²) in [6.07, 6.45) is 0.974. The third-order valence-corrected chi connectivity index (χ3v) is 3.55. The Labute approximate surface area is 79.8 Å². The van der Waals surface area contributed by atoms with Gasteiger partial charge in [0.2, 0.25) is 5.91 Å². The summed E-state index contributed by atoms with van der Waals surface area (Å²) < 4.78 is 5.22. The van der Waals surface area contributed by atoms with Crippen LogP contribution in [0, 0.1) is 11.3 Å². The molecule has 1 fully saturated rings. The zero-order chi connectivity index (χ0) is 10.1. The molecule has 3 unspecified atom stereocenters. The van der Waals surface area contributed by atoms with Crippen molar-refractivity contribution in [2.45, 2.75) is 33.2 Å². The molecule has 0 aliphatic carbocycles. The lowest BCUT2D eigenvalue weighted by molar-refractivity contribution is -0.124. The second-order valence-electron chi connectivity index (χ2n) is 3.97. The Morgan fingerprint density at radius 2 is 2.15 bits per heavy atom. The first-order chi connectivity index (χ1) is 6.08. The van der Waals surface area contributed by atoms with E-state index in [1.165, 1.54) is 0 Å². The molecule has 0 aromatic heterocycles. The summed E-state index contributed by atoms with van der Waals surface area (Å²) in [5.41, 5.74) is -0.00810. The summed E-state index contributed by atoms with van der Waals surface area (Å²) >= 11 is 0. The van der Waals surface area contributed by atoms with Crippen molar-refractivity contribution in [2.24, 2.45) is 11.3 Å². The second kappa shape index (κ2) is 3.66. The van der Waals surface area contributed by atoms with Crippen molar-refractivity contribution >= 4 is 5.91 Å². The van der Waals surface area contributed by atoms with Crippen LogP contribution >= 0.6 is 0 Å². The molecule has 1 amide bonds. The van der Waals surface area contributed by atoms with Gasteiger partial charge in [-0.25, -0.2) is 0 Å². The van der Waals surface area contributed by atoms with E-state index in [0.29, 0.717) is 6.61 Å². The smallest absolute Gasteiger partial charge is 0.223 e. The van der Waals surface area contributed by atoms with E-state index in [4.69, 9.17) is 4.74 Å². The van der Waals surface area contributed by atoms with E-state index in [1.807, 2.05) is 6.92 Å². The highest BCUT2D eigenvalue weighted by Crippen LogP contribution is 2.40. The van der Waals surface area contributed by atoms with Crippen LogP contribution in [-0.2, 0) is 9.53 Å². The van der Waals surface area contributed by atoms with Crippen molar-refractivity contribution in [1.29, 1.82) is 0 Å². The van der Waals surface area contributed by atoms with Crippen LogP contribution in [0.5, 0.6) is 0 Å². The number of amides is 1. The minimum atomic E-state index is -0.00810. The molecule has 0 aromatic rings. The van der Waals surface area contributed by atoms with E-state index in [1.54, 1.807) is 7.11 Å². The average Bonchev–Trinajstić information content (AvgIpc) is 2.31. The Morgan fingerprint density at radius 3 is 2.46 bits per heavy atom. The topological polar surface area (TPSA) is 38.3 Å². The summed E-state index contributed by atoms with van der Waals surface area (Å²) in [5, 5.41) is 2.97. The molecular formula is C10H19NO2. The van der Waals surface area contributed by atoms with E-state index in [-0.39, 0.29) is 23.3 Å². The zero-order valence-electron chi connectivity index (χ0n) is 8.89. The summed E-state index contributed by atoms with van der Waals surface area (Å²) in [7, 11) is 1.69. The third-order valence-electron chi connectivity index (χ3n) is 3.55. The Bertz CT molecular complexity index is 205. The van der Waals surface area contributed by atoms with Crippen molar-refractivity contribution in [3.63, 3.8) is 0 Å². The summed E-state index contributed by atoms with van der Waals surface area (Å²) in [6, 6.07) is 0.222. The van der Waals surface area contributed by atoms with Crippen molar-refractivity contribution in [1.82, 2.24) is 5.32 Å². The number of nitrogens with one attached hydrogen (secondary N) is 1. The number of carbonyl (C=O) groups excluding carboxylic acids is 1. The minimum Gasteiger partial charge on any atom is -0.384 e. The van der Waals surface area contributed by atoms with Gasteiger partial charge in [-0.3, -0.25) is 4.79 Å². The van der Waals surface area contributed by atoms with E-state index in [2.05, 4.69) is 19.2 Å². The number of hydrogen-bond donors (Lipinski definition) is 1. The van der Waals surface area contributed by atoms with Crippen LogP contribution in [0.1, 0.15) is 27.2 Å². The molecule has 0 spiro atoms. The lowest BCUT2D eigenvalue weighted by Gasteiger charge is -2.33. The van der Waals surface area contributed by atoms with Crippen LogP contribution in [0.2, 0.25) is 0 Å². The fraction of sp³-hybridized carbons (Fsp3) is 0.900. The second-order valence-corrected chi connectivity index (χ2v) is 3.97. The first-order valence-electron chi connectivity index (χ1n) is 4.87. The van der Waals surface area contributed by atoms with Gasteiger partial charge in [-0.2, -0.15) is 0 Å². The predicted octanol–water partition coefficient (Wildman–Crippen LogP) is 1.18. The monoisotopic (exact) mass is 185 g/mol. The molecule has 3 atom stereocenters. The van der Waals surface area contributed by atoms with Crippen LogP contribution in [0.3, 0.4) is 0 Å². The molecule has 0 bridgehead atoms. The highest BCUT2D eigenvalue weighted by molar-refractivity contribution is 5.82. The van der Waals surface area contributed by atoms with Gasteiger partial charge in [0.05, 0.1) is 6.61 Å². The Morgan fingerprint density at radius 1 is 1.54 bits per heavy atom.